The molecule has 1 aliphatic heterocycles. The minimum Gasteiger partial charge on any atom is -0.478 e. The topological polar surface area (TPSA) is 57.6 Å². The van der Waals surface area contributed by atoms with Crippen LogP contribution in [0.1, 0.15) is 18.4 Å². The molecule has 0 aromatic heterocycles. The minimum atomic E-state index is -1.20. The van der Waals surface area contributed by atoms with Crippen LogP contribution in [0.2, 0.25) is 0 Å². The summed E-state index contributed by atoms with van der Waals surface area (Å²) in [6, 6.07) is 4.35. The summed E-state index contributed by atoms with van der Waals surface area (Å²) in [5.74, 6) is -1.71. The van der Waals surface area contributed by atoms with Crippen molar-refractivity contribution in [3.05, 3.63) is 35.7 Å². The van der Waals surface area contributed by atoms with Crippen LogP contribution in [0.4, 0.5) is 10.1 Å². The average molecular weight is 261 g/mol. The summed E-state index contributed by atoms with van der Waals surface area (Å²) in [6.45, 7) is 0.462. The zero-order valence-corrected chi connectivity index (χ0v) is 10.1. The highest BCUT2D eigenvalue weighted by molar-refractivity contribution is 6.34. The van der Waals surface area contributed by atoms with E-state index in [2.05, 4.69) is 0 Å². The number of para-hydroxylation sites is 1. The Hall–Kier alpha value is -2.17. The normalized spacial score (nSPS) is 19.9. The van der Waals surface area contributed by atoms with Crippen LogP contribution >= 0.6 is 0 Å². The summed E-state index contributed by atoms with van der Waals surface area (Å²) in [4.78, 5) is 24.4. The molecule has 1 aromatic rings. The Morgan fingerprint density at radius 2 is 2.21 bits per heavy atom. The van der Waals surface area contributed by atoms with Crippen molar-refractivity contribution in [3.63, 3.8) is 0 Å². The van der Waals surface area contributed by atoms with Gasteiger partial charge in [-0.1, -0.05) is 12.1 Å². The van der Waals surface area contributed by atoms with E-state index < -0.39 is 17.7 Å². The summed E-state index contributed by atoms with van der Waals surface area (Å²) in [7, 11) is 0. The van der Waals surface area contributed by atoms with Crippen molar-refractivity contribution in [2.75, 3.05) is 11.4 Å². The molecule has 0 atom stereocenters. The molecule has 1 aromatic carbocycles. The van der Waals surface area contributed by atoms with Gasteiger partial charge in [-0.25, -0.2) is 9.18 Å². The SMILES string of the molecule is O=C(O)C=C1C(=O)N(CC2CC2)c2c(F)cccc21. The maximum atomic E-state index is 13.9. The number of hydrogen-bond acceptors (Lipinski definition) is 2. The molecule has 98 valence electrons. The maximum Gasteiger partial charge on any atom is 0.329 e. The Balaban J connectivity index is 2.10. The Morgan fingerprint density at radius 3 is 2.84 bits per heavy atom. The predicted molar refractivity (Wildman–Crippen MR) is 67.1 cm³/mol. The molecule has 4 nitrogen and oxygen atoms in total. The number of anilines is 1. The number of rotatable bonds is 3. The van der Waals surface area contributed by atoms with Crippen molar-refractivity contribution in [2.45, 2.75) is 12.8 Å². The third kappa shape index (κ3) is 2.01. The van der Waals surface area contributed by atoms with E-state index in [4.69, 9.17) is 5.11 Å². The molecule has 1 fully saturated rings. The molecule has 1 amide bonds. The molecule has 0 saturated heterocycles. The van der Waals surface area contributed by atoms with Gasteiger partial charge >= 0.3 is 5.97 Å². The summed E-state index contributed by atoms with van der Waals surface area (Å²) in [5, 5.41) is 8.83. The summed E-state index contributed by atoms with van der Waals surface area (Å²) in [6.07, 6.45) is 2.92. The van der Waals surface area contributed by atoms with Crippen LogP contribution in [-0.4, -0.2) is 23.5 Å². The highest BCUT2D eigenvalue weighted by Gasteiger charge is 2.38. The molecule has 0 unspecified atom stereocenters. The van der Waals surface area contributed by atoms with Crippen LogP contribution < -0.4 is 4.90 Å². The molecule has 0 bridgehead atoms. The van der Waals surface area contributed by atoms with E-state index in [1.165, 1.54) is 17.0 Å². The largest absolute Gasteiger partial charge is 0.478 e. The molecule has 1 saturated carbocycles. The number of carboxylic acid groups (broad SMARTS) is 1. The number of hydrogen-bond donors (Lipinski definition) is 1. The number of amides is 1. The van der Waals surface area contributed by atoms with Crippen molar-refractivity contribution in [1.29, 1.82) is 0 Å². The van der Waals surface area contributed by atoms with E-state index in [0.717, 1.165) is 18.9 Å². The van der Waals surface area contributed by atoms with Crippen LogP contribution in [0.3, 0.4) is 0 Å². The quantitative estimate of drug-likeness (QED) is 0.847. The van der Waals surface area contributed by atoms with Crippen molar-refractivity contribution >= 4 is 23.1 Å². The number of halogens is 1. The minimum absolute atomic E-state index is 0.0580. The molecule has 0 spiro atoms. The van der Waals surface area contributed by atoms with Crippen LogP contribution in [0.5, 0.6) is 0 Å². The lowest BCUT2D eigenvalue weighted by Gasteiger charge is -2.16. The van der Waals surface area contributed by atoms with Gasteiger partial charge in [0.25, 0.3) is 5.91 Å². The number of nitrogens with zero attached hydrogens (tertiary/aromatic N) is 1. The van der Waals surface area contributed by atoms with E-state index >= 15 is 0 Å². The van der Waals surface area contributed by atoms with E-state index in [1.54, 1.807) is 6.07 Å². The van der Waals surface area contributed by atoms with Gasteiger partial charge in [-0.05, 0) is 24.8 Å². The van der Waals surface area contributed by atoms with Crippen LogP contribution in [0.15, 0.2) is 24.3 Å². The zero-order valence-electron chi connectivity index (χ0n) is 10.1. The first kappa shape index (κ1) is 11.9. The van der Waals surface area contributed by atoms with E-state index in [0.29, 0.717) is 18.0 Å². The third-order valence-electron chi connectivity index (χ3n) is 3.43. The summed E-state index contributed by atoms with van der Waals surface area (Å²) in [5.41, 5.74) is 0.641. The first-order valence-corrected chi connectivity index (χ1v) is 6.13. The first-order valence-electron chi connectivity index (χ1n) is 6.13. The van der Waals surface area contributed by atoms with E-state index in [-0.39, 0.29) is 11.3 Å². The van der Waals surface area contributed by atoms with Gasteiger partial charge in [0, 0.05) is 18.2 Å². The van der Waals surface area contributed by atoms with Crippen LogP contribution in [-0.2, 0) is 9.59 Å². The second-order valence-electron chi connectivity index (χ2n) is 4.89. The van der Waals surface area contributed by atoms with Gasteiger partial charge < -0.3 is 10.0 Å². The van der Waals surface area contributed by atoms with Crippen molar-refractivity contribution in [1.82, 2.24) is 0 Å². The molecular weight excluding hydrogens is 249 g/mol. The molecule has 1 N–H and O–H groups in total. The second kappa shape index (κ2) is 4.19. The summed E-state index contributed by atoms with van der Waals surface area (Å²) < 4.78 is 13.9. The fourth-order valence-corrected chi connectivity index (χ4v) is 2.36. The highest BCUT2D eigenvalue weighted by atomic mass is 19.1. The fraction of sp³-hybridized carbons (Fsp3) is 0.286. The Bertz CT molecular complexity index is 605. The second-order valence-corrected chi connectivity index (χ2v) is 4.89. The standard InChI is InChI=1S/C14H12FNO3/c15-11-3-1-2-9-10(6-12(17)18)14(19)16(13(9)11)7-8-4-5-8/h1-3,6,8H,4-5,7H2,(H,17,18). The molecule has 2 aliphatic rings. The predicted octanol–water partition coefficient (Wildman–Crippen LogP) is 2.05. The fourth-order valence-electron chi connectivity index (χ4n) is 2.36. The lowest BCUT2D eigenvalue weighted by atomic mass is 10.1. The van der Waals surface area contributed by atoms with Crippen molar-refractivity contribution in [2.24, 2.45) is 5.92 Å². The highest BCUT2D eigenvalue weighted by Crippen LogP contribution is 2.41. The lowest BCUT2D eigenvalue weighted by molar-refractivity contribution is -0.131. The van der Waals surface area contributed by atoms with Crippen LogP contribution in [0.25, 0.3) is 5.57 Å². The molecular formula is C14H12FNO3. The van der Waals surface area contributed by atoms with Gasteiger partial charge in [0.05, 0.1) is 11.3 Å². The lowest BCUT2D eigenvalue weighted by Crippen LogP contribution is -2.29. The van der Waals surface area contributed by atoms with Crippen molar-refractivity contribution in [3.8, 4) is 0 Å². The smallest absolute Gasteiger partial charge is 0.329 e. The van der Waals surface area contributed by atoms with Crippen LogP contribution in [0, 0.1) is 11.7 Å². The summed E-state index contributed by atoms with van der Waals surface area (Å²) >= 11 is 0. The van der Waals surface area contributed by atoms with Crippen molar-refractivity contribution < 1.29 is 19.1 Å². The number of fused-ring (bicyclic) bond motifs is 1. The molecule has 1 heterocycles. The third-order valence-corrected chi connectivity index (χ3v) is 3.43. The average Bonchev–Trinajstić information content (AvgIpc) is 3.12. The number of benzene rings is 1. The van der Waals surface area contributed by atoms with Gasteiger partial charge in [0.15, 0.2) is 0 Å². The van der Waals surface area contributed by atoms with E-state index in [1.807, 2.05) is 0 Å². The Morgan fingerprint density at radius 1 is 1.47 bits per heavy atom. The zero-order chi connectivity index (χ0) is 13.6. The van der Waals surface area contributed by atoms with Gasteiger partial charge in [-0.2, -0.15) is 0 Å². The Kier molecular flexibility index (Phi) is 2.62. The monoisotopic (exact) mass is 261 g/mol. The van der Waals surface area contributed by atoms with Gasteiger partial charge in [0.1, 0.15) is 5.82 Å². The molecule has 19 heavy (non-hydrogen) atoms. The molecule has 5 heteroatoms. The van der Waals surface area contributed by atoms with Gasteiger partial charge in [0.2, 0.25) is 0 Å². The molecule has 3 rings (SSSR count). The molecule has 0 radical (unpaired) electrons. The van der Waals surface area contributed by atoms with Gasteiger partial charge in [-0.3, -0.25) is 4.79 Å². The number of carboxylic acids is 1. The van der Waals surface area contributed by atoms with Gasteiger partial charge in [-0.15, -0.1) is 0 Å². The maximum absolute atomic E-state index is 13.9. The number of carbonyl (C=O) groups is 2. The molecule has 1 aliphatic carbocycles. The number of carbonyl (C=O) groups excluding carboxylic acids is 1. The first-order chi connectivity index (χ1) is 9.08. The Labute approximate surface area is 109 Å². The number of aliphatic carboxylic acids is 1. The van der Waals surface area contributed by atoms with E-state index in [9.17, 15) is 14.0 Å².